The van der Waals surface area contributed by atoms with Gasteiger partial charge in [-0.3, -0.25) is 0 Å². The highest BCUT2D eigenvalue weighted by Gasteiger charge is 2.37. The summed E-state index contributed by atoms with van der Waals surface area (Å²) in [7, 11) is -0.00422. The van der Waals surface area contributed by atoms with Crippen molar-refractivity contribution in [3.05, 3.63) is 35.7 Å². The molecule has 0 spiro atoms. The summed E-state index contributed by atoms with van der Waals surface area (Å²) in [6.07, 6.45) is 2.28. The molecular formula is C17H28O2SSi. The molecule has 0 N–H and O–H groups in total. The molecule has 2 nitrogen and oxygen atoms in total. The van der Waals surface area contributed by atoms with Crippen LogP contribution in [0, 0.1) is 0 Å². The fraction of sp³-hybridized carbons (Fsp3) is 0.529. The number of thioether (sulfide) groups is 1. The number of rotatable bonds is 6. The first-order chi connectivity index (χ1) is 9.65. The molecule has 0 saturated carbocycles. The molecule has 0 aliphatic heterocycles. The Kier molecular flexibility index (Phi) is 6.57. The Labute approximate surface area is 135 Å². The van der Waals surface area contributed by atoms with Crippen LogP contribution in [0.3, 0.4) is 0 Å². The predicted molar refractivity (Wildman–Crippen MR) is 95.7 cm³/mol. The molecule has 1 aromatic carbocycles. The smallest absolute Gasteiger partial charge is 0.192 e. The van der Waals surface area contributed by atoms with Crippen molar-refractivity contribution in [2.75, 3.05) is 7.11 Å². The number of benzene rings is 1. The van der Waals surface area contributed by atoms with Crippen molar-refractivity contribution in [2.45, 2.75) is 56.8 Å². The van der Waals surface area contributed by atoms with E-state index < -0.39 is 8.32 Å². The summed E-state index contributed by atoms with van der Waals surface area (Å²) in [5.41, 5.74) is 0. The molecule has 1 aromatic rings. The lowest BCUT2D eigenvalue weighted by Crippen LogP contribution is -2.42. The number of methoxy groups -OCH3 is 1. The molecule has 0 fully saturated rings. The highest BCUT2D eigenvalue weighted by Crippen LogP contribution is 2.37. The normalized spacial score (nSPS) is 14.4. The van der Waals surface area contributed by atoms with Gasteiger partial charge in [-0.25, -0.2) is 0 Å². The fourth-order valence-electron chi connectivity index (χ4n) is 1.56. The highest BCUT2D eigenvalue weighted by atomic mass is 32.2. The number of hydrogen-bond donors (Lipinski definition) is 0. The van der Waals surface area contributed by atoms with Crippen molar-refractivity contribution in [1.82, 2.24) is 0 Å². The van der Waals surface area contributed by atoms with Crippen molar-refractivity contribution in [3.8, 4) is 5.75 Å². The van der Waals surface area contributed by atoms with Gasteiger partial charge >= 0.3 is 0 Å². The Bertz CT molecular complexity index is 461. The van der Waals surface area contributed by atoms with Gasteiger partial charge in [-0.1, -0.05) is 38.6 Å². The maximum Gasteiger partial charge on any atom is 0.192 e. The minimum Gasteiger partial charge on any atom is -0.497 e. The van der Waals surface area contributed by atoms with E-state index in [0.29, 0.717) is 0 Å². The molecule has 0 saturated heterocycles. The van der Waals surface area contributed by atoms with Crippen LogP contribution in [0.2, 0.25) is 18.1 Å². The van der Waals surface area contributed by atoms with E-state index >= 15 is 0 Å². The molecule has 0 aromatic heterocycles. The van der Waals surface area contributed by atoms with Crippen LogP contribution < -0.4 is 4.74 Å². The van der Waals surface area contributed by atoms with Crippen LogP contribution in [0.1, 0.15) is 27.7 Å². The van der Waals surface area contributed by atoms with E-state index in [4.69, 9.17) is 9.16 Å². The zero-order chi connectivity index (χ0) is 16.1. The van der Waals surface area contributed by atoms with Gasteiger partial charge in [-0.2, -0.15) is 0 Å². The van der Waals surface area contributed by atoms with E-state index in [1.807, 2.05) is 12.1 Å². The van der Waals surface area contributed by atoms with Gasteiger partial charge in [0.25, 0.3) is 0 Å². The maximum absolute atomic E-state index is 6.30. The van der Waals surface area contributed by atoms with Gasteiger partial charge in [0.15, 0.2) is 8.32 Å². The molecule has 1 rings (SSSR count). The lowest BCUT2D eigenvalue weighted by Gasteiger charge is -2.37. The van der Waals surface area contributed by atoms with Crippen LogP contribution in [-0.4, -0.2) is 21.5 Å². The number of ether oxygens (including phenoxy) is 1. The second kappa shape index (κ2) is 7.52. The predicted octanol–water partition coefficient (Wildman–Crippen LogP) is 5.71. The van der Waals surface area contributed by atoms with Gasteiger partial charge in [0, 0.05) is 4.90 Å². The van der Waals surface area contributed by atoms with E-state index in [1.165, 1.54) is 4.90 Å². The summed E-state index contributed by atoms with van der Waals surface area (Å²) in [6.45, 7) is 13.5. The molecule has 0 aliphatic rings. The molecule has 0 heterocycles. The SMILES string of the molecule is COc1ccc(S/C=C/[C@@H](C)O[Si](C)(C)C(C)(C)C)cc1. The Morgan fingerprint density at radius 2 is 1.71 bits per heavy atom. The van der Waals surface area contributed by atoms with Crippen molar-refractivity contribution in [2.24, 2.45) is 0 Å². The summed E-state index contributed by atoms with van der Waals surface area (Å²) in [5.74, 6) is 0.887. The molecule has 0 unspecified atom stereocenters. The third kappa shape index (κ3) is 5.89. The van der Waals surface area contributed by atoms with Gasteiger partial charge in [0.2, 0.25) is 0 Å². The van der Waals surface area contributed by atoms with E-state index in [1.54, 1.807) is 18.9 Å². The highest BCUT2D eigenvalue weighted by molar-refractivity contribution is 8.02. The Morgan fingerprint density at radius 3 is 2.19 bits per heavy atom. The van der Waals surface area contributed by atoms with Gasteiger partial charge in [0.1, 0.15) is 5.75 Å². The molecular weight excluding hydrogens is 296 g/mol. The summed E-state index contributed by atoms with van der Waals surface area (Å²) < 4.78 is 11.5. The van der Waals surface area contributed by atoms with Gasteiger partial charge < -0.3 is 9.16 Å². The second-order valence-electron chi connectivity index (χ2n) is 6.71. The maximum atomic E-state index is 6.30. The van der Waals surface area contributed by atoms with Gasteiger partial charge in [-0.05, 0) is 54.7 Å². The summed E-state index contributed by atoms with van der Waals surface area (Å²) >= 11 is 1.70. The Morgan fingerprint density at radius 1 is 1.14 bits per heavy atom. The van der Waals surface area contributed by atoms with Crippen molar-refractivity contribution >= 4 is 20.1 Å². The summed E-state index contributed by atoms with van der Waals surface area (Å²) in [4.78, 5) is 1.20. The molecule has 0 bridgehead atoms. The molecule has 0 aliphatic carbocycles. The van der Waals surface area contributed by atoms with E-state index in [-0.39, 0.29) is 11.1 Å². The molecule has 0 amide bonds. The molecule has 4 heteroatoms. The van der Waals surface area contributed by atoms with E-state index in [0.717, 1.165) is 5.75 Å². The fourth-order valence-corrected chi connectivity index (χ4v) is 3.68. The van der Waals surface area contributed by atoms with Gasteiger partial charge in [-0.15, -0.1) is 0 Å². The lowest BCUT2D eigenvalue weighted by atomic mass is 10.2. The topological polar surface area (TPSA) is 18.5 Å². The Hall–Kier alpha value is -0.713. The summed E-state index contributed by atoms with van der Waals surface area (Å²) in [6, 6.07) is 8.08. The molecule has 1 atom stereocenters. The zero-order valence-corrected chi connectivity index (χ0v) is 16.1. The van der Waals surface area contributed by atoms with Crippen molar-refractivity contribution in [1.29, 1.82) is 0 Å². The standard InChI is InChI=1S/C17H28O2SSi/c1-14(19-21(6,7)17(2,3)4)12-13-20-16-10-8-15(18-5)9-11-16/h8-14H,1-7H3/b13-12+/t14-/m1/s1. The van der Waals surface area contributed by atoms with Crippen LogP contribution >= 0.6 is 11.8 Å². The minimum atomic E-state index is -1.69. The van der Waals surface area contributed by atoms with Crippen molar-refractivity contribution < 1.29 is 9.16 Å². The average Bonchev–Trinajstić information content (AvgIpc) is 2.37. The van der Waals surface area contributed by atoms with Crippen LogP contribution in [-0.2, 0) is 4.43 Å². The first-order valence-electron chi connectivity index (χ1n) is 7.31. The third-order valence-corrected chi connectivity index (χ3v) is 9.31. The Balaban J connectivity index is 2.52. The largest absolute Gasteiger partial charge is 0.497 e. The quantitative estimate of drug-likeness (QED) is 0.493. The van der Waals surface area contributed by atoms with Gasteiger partial charge in [0.05, 0.1) is 13.2 Å². The zero-order valence-electron chi connectivity index (χ0n) is 14.3. The summed E-state index contributed by atoms with van der Waals surface area (Å²) in [5, 5.41) is 2.36. The first kappa shape index (κ1) is 18.3. The number of hydrogen-bond acceptors (Lipinski definition) is 3. The monoisotopic (exact) mass is 324 g/mol. The average molecular weight is 325 g/mol. The molecule has 118 valence electrons. The molecule has 0 radical (unpaired) electrons. The lowest BCUT2D eigenvalue weighted by molar-refractivity contribution is 0.243. The molecule has 21 heavy (non-hydrogen) atoms. The van der Waals surface area contributed by atoms with E-state index in [9.17, 15) is 0 Å². The third-order valence-electron chi connectivity index (χ3n) is 3.90. The second-order valence-corrected chi connectivity index (χ2v) is 12.4. The minimum absolute atomic E-state index is 0.150. The van der Waals surface area contributed by atoms with Crippen LogP contribution in [0.5, 0.6) is 5.75 Å². The van der Waals surface area contributed by atoms with E-state index in [2.05, 4.69) is 64.4 Å². The van der Waals surface area contributed by atoms with Crippen molar-refractivity contribution in [3.63, 3.8) is 0 Å². The van der Waals surface area contributed by atoms with Crippen LogP contribution in [0.4, 0.5) is 0 Å². The van der Waals surface area contributed by atoms with Crippen LogP contribution in [0.25, 0.3) is 0 Å². The first-order valence-corrected chi connectivity index (χ1v) is 11.1. The van der Waals surface area contributed by atoms with Crippen LogP contribution in [0.15, 0.2) is 40.6 Å².